The van der Waals surface area contributed by atoms with Crippen molar-refractivity contribution in [1.29, 1.82) is 0 Å². The molecular weight excluding hydrogens is 1300 g/mol. The van der Waals surface area contributed by atoms with Crippen molar-refractivity contribution >= 4 is 102 Å². The molecule has 0 aliphatic heterocycles. The minimum Gasteiger partial charge on any atom is -0.395 e. The highest BCUT2D eigenvalue weighted by Gasteiger charge is 2.27. The number of likely N-dealkylation sites (N-methyl/N-ethyl adjacent to an activating group) is 2. The molecule has 0 aliphatic carbocycles. The fraction of sp³-hybridized carbons (Fsp3) is 0.304. The molecule has 97 heavy (non-hydrogen) atoms. The Morgan fingerprint density at radius 1 is 0.505 bits per heavy atom. The summed E-state index contributed by atoms with van der Waals surface area (Å²) in [6.45, 7) is 14.3. The Morgan fingerprint density at radius 2 is 0.835 bits per heavy atom. The van der Waals surface area contributed by atoms with E-state index >= 15 is 0 Å². The van der Waals surface area contributed by atoms with Crippen molar-refractivity contribution in [1.82, 2.24) is 89.0 Å². The highest BCUT2D eigenvalue weighted by molar-refractivity contribution is 6.36. The number of carbonyl (C=O) groups is 3. The largest absolute Gasteiger partial charge is 0.395 e. The summed E-state index contributed by atoms with van der Waals surface area (Å²) in [4.78, 5) is 94.3. The molecule has 0 saturated heterocycles. The van der Waals surface area contributed by atoms with Gasteiger partial charge in [0.15, 0.2) is 16.9 Å². The van der Waals surface area contributed by atoms with Crippen LogP contribution in [0.15, 0.2) is 143 Å². The first kappa shape index (κ1) is 71.6. The number of hydrogen-bond acceptors (Lipinski definition) is 16. The van der Waals surface area contributed by atoms with Gasteiger partial charge in [0.1, 0.15) is 16.7 Å². The number of aliphatic hydroxyl groups is 1. The maximum Gasteiger partial charge on any atom is 0.260 e. The Kier molecular flexibility index (Phi) is 23.2. The van der Waals surface area contributed by atoms with Crippen molar-refractivity contribution in [3.8, 4) is 0 Å². The zero-order chi connectivity index (χ0) is 68.6. The highest BCUT2D eigenvalue weighted by Crippen LogP contribution is 2.28. The Morgan fingerprint density at radius 3 is 1.15 bits per heavy atom. The number of aryl methyl sites for hydroxylation is 3. The first-order valence-corrected chi connectivity index (χ1v) is 32.1. The van der Waals surface area contributed by atoms with E-state index in [1.54, 1.807) is 128 Å². The van der Waals surface area contributed by atoms with E-state index < -0.39 is 18.1 Å². The number of aromatic nitrogens is 12. The molecule has 3 amide bonds. The number of hydrogen-bond donors (Lipinski definition) is 6. The molecule has 28 heteroatoms. The van der Waals surface area contributed by atoms with E-state index in [1.807, 2.05) is 95.3 Å². The van der Waals surface area contributed by atoms with Gasteiger partial charge in [0.05, 0.1) is 73.0 Å². The van der Waals surface area contributed by atoms with Gasteiger partial charge in [-0.3, -0.25) is 28.8 Å². The first-order valence-electron chi connectivity index (χ1n) is 31.0. The number of pyridine rings is 3. The summed E-state index contributed by atoms with van der Waals surface area (Å²) in [6, 6.07) is 25.7. The third-order valence-corrected chi connectivity index (χ3v) is 17.2. The lowest BCUT2D eigenvalue weighted by atomic mass is 10.1. The van der Waals surface area contributed by atoms with Crippen molar-refractivity contribution in [2.24, 2.45) is 0 Å². The maximum atomic E-state index is 13.4. The van der Waals surface area contributed by atoms with Gasteiger partial charge in [-0.1, -0.05) is 78.6 Å². The molecule has 0 fully saturated rings. The molecule has 0 unspecified atom stereocenters. The first-order chi connectivity index (χ1) is 46.1. The van der Waals surface area contributed by atoms with Crippen LogP contribution in [-0.2, 0) is 19.6 Å². The van der Waals surface area contributed by atoms with Crippen molar-refractivity contribution < 1.29 is 19.5 Å². The number of fused-ring (bicyclic) bond motifs is 6. The molecule has 0 bridgehead atoms. The smallest absolute Gasteiger partial charge is 0.260 e. The zero-order valence-corrected chi connectivity index (χ0v) is 56.6. The fourth-order valence-electron chi connectivity index (χ4n) is 11.6. The van der Waals surface area contributed by atoms with Gasteiger partial charge in [-0.15, -0.1) is 0 Å². The molecule has 0 saturated carbocycles. The van der Waals surface area contributed by atoms with Crippen LogP contribution in [0.25, 0.3) is 49.3 Å². The van der Waals surface area contributed by atoms with Crippen molar-refractivity contribution in [3.05, 3.63) is 225 Å². The van der Waals surface area contributed by atoms with Gasteiger partial charge in [-0.2, -0.15) is 15.3 Å². The van der Waals surface area contributed by atoms with Gasteiger partial charge in [-0.25, -0.2) is 28.5 Å². The lowest BCUT2D eigenvalue weighted by Gasteiger charge is -2.22. The van der Waals surface area contributed by atoms with Crippen LogP contribution in [0.1, 0.15) is 112 Å². The molecular formula is C69H77Cl3N18O7. The fourth-order valence-corrected chi connectivity index (χ4v) is 12.4. The lowest BCUT2D eigenvalue weighted by molar-refractivity contribution is 0.0930. The normalized spacial score (nSPS) is 12.3. The quantitative estimate of drug-likeness (QED) is 0.0390. The van der Waals surface area contributed by atoms with Gasteiger partial charge in [-0.05, 0) is 133 Å². The van der Waals surface area contributed by atoms with Crippen LogP contribution in [0.5, 0.6) is 0 Å². The van der Waals surface area contributed by atoms with E-state index in [0.29, 0.717) is 150 Å². The van der Waals surface area contributed by atoms with Crippen LogP contribution in [0.2, 0.25) is 15.1 Å². The Hall–Kier alpha value is -9.73. The summed E-state index contributed by atoms with van der Waals surface area (Å²) in [5.74, 6) is -0.906. The Labute approximate surface area is 573 Å². The number of rotatable bonds is 20. The van der Waals surface area contributed by atoms with E-state index in [9.17, 15) is 28.8 Å². The summed E-state index contributed by atoms with van der Waals surface area (Å²) >= 11 is 19.0. The molecule has 12 rings (SSSR count). The third-order valence-electron chi connectivity index (χ3n) is 16.3. The van der Waals surface area contributed by atoms with Crippen molar-refractivity contribution in [3.63, 3.8) is 0 Å². The Balaban J connectivity index is 0.000000170. The molecule has 0 radical (unpaired) electrons. The highest BCUT2D eigenvalue weighted by atomic mass is 35.5. The molecule has 12 aromatic rings. The number of amides is 3. The summed E-state index contributed by atoms with van der Waals surface area (Å²) in [7, 11) is 5.72. The molecule has 9 aromatic heterocycles. The number of nitrogens with one attached hydrogen (secondary N) is 5. The SMILES string of the molecule is C.CNCCn1c([C@H](C)NC(=O)c2c(C)nn3cccnc23)cc2cccc(Cl)c2c1=O.Cc1nn2cccnc2c1C(=O)N[C@@H](C)c1cc2cccc(Cl)c2c(=O)n1CCN(C)C.Cc1nn2cccnc2c1C(=O)N[C@@H](C)c1cc2cccc(Cl)c2c(=O)n1CCNCCO. The van der Waals surface area contributed by atoms with Crippen molar-refractivity contribution in [2.75, 3.05) is 53.9 Å². The van der Waals surface area contributed by atoms with Gasteiger partial charge in [0.25, 0.3) is 34.4 Å². The van der Waals surface area contributed by atoms with Gasteiger partial charge in [0.2, 0.25) is 0 Å². The number of carbonyl (C=O) groups excluding carboxylic acids is 3. The molecule has 9 heterocycles. The van der Waals surface area contributed by atoms with Crippen LogP contribution in [0.3, 0.4) is 0 Å². The average molecular weight is 1380 g/mol. The minimum absolute atomic E-state index is 0. The number of aliphatic hydroxyl groups excluding tert-OH is 1. The monoisotopic (exact) mass is 1370 g/mol. The molecule has 3 aromatic carbocycles. The van der Waals surface area contributed by atoms with Gasteiger partial charge >= 0.3 is 0 Å². The van der Waals surface area contributed by atoms with E-state index in [4.69, 9.17) is 39.9 Å². The Bertz CT molecular complexity index is 5100. The lowest BCUT2D eigenvalue weighted by Crippen LogP contribution is -2.35. The predicted molar refractivity (Wildman–Crippen MR) is 380 cm³/mol. The van der Waals surface area contributed by atoms with Crippen LogP contribution in [0.4, 0.5) is 0 Å². The standard InChI is InChI=1S/C23H25ClN6O3.C23H25ClN6O2.C22H23ClN6O2.CH4/c1-14(27-22(32)19-15(2)28-30-10-4-7-26-21(19)30)18-13-16-5-3-6-17(24)20(16)23(33)29(18)11-8-25-9-12-31;1-14(26-22(31)19-15(2)27-30-10-6-9-25-21(19)30)18-13-16-7-5-8-17(24)20(16)23(32)29(18)12-11-28(3)4;1-13(26-21(30)18-14(2)27-29-10-5-8-25-20(18)29)17-12-15-6-4-7-16(23)19(15)22(31)28(17)11-9-24-3;/h3-7,10,13-14,25,31H,8-9,11-12H2,1-2H3,(H,27,32);5-10,13-14H,11-12H2,1-4H3,(H,26,31);4-8,10,12-13,24H,9,11H2,1-3H3,(H,26,30);1H4/t2*14-;13-;/m000./s1. The van der Waals surface area contributed by atoms with Crippen LogP contribution in [-0.4, -0.2) is 139 Å². The second-order valence-corrected chi connectivity index (χ2v) is 24.4. The molecule has 0 aliphatic rings. The molecule has 506 valence electrons. The van der Waals surface area contributed by atoms with E-state index in [0.717, 1.165) is 10.8 Å². The number of benzene rings is 3. The van der Waals surface area contributed by atoms with Crippen molar-refractivity contribution in [2.45, 2.75) is 86.7 Å². The van der Waals surface area contributed by atoms with Crippen LogP contribution in [0, 0.1) is 20.8 Å². The van der Waals surface area contributed by atoms with E-state index in [2.05, 4.69) is 56.8 Å². The second kappa shape index (κ2) is 31.4. The average Bonchev–Trinajstić information content (AvgIpc) is 1.74. The summed E-state index contributed by atoms with van der Waals surface area (Å²) < 4.78 is 9.70. The predicted octanol–water partition coefficient (Wildman–Crippen LogP) is 8.49. The summed E-state index contributed by atoms with van der Waals surface area (Å²) in [6.07, 6.45) is 10.1. The van der Waals surface area contributed by atoms with Crippen LogP contribution >= 0.6 is 34.8 Å². The topological polar surface area (TPSA) is 291 Å². The minimum atomic E-state index is -0.482. The third kappa shape index (κ3) is 15.3. The van der Waals surface area contributed by atoms with Gasteiger partial charge in [0, 0.05) is 100 Å². The van der Waals surface area contributed by atoms with Gasteiger partial charge < -0.3 is 50.3 Å². The van der Waals surface area contributed by atoms with E-state index in [1.165, 1.54) is 0 Å². The number of nitrogens with zero attached hydrogens (tertiary/aromatic N) is 13. The zero-order valence-electron chi connectivity index (χ0n) is 54.4. The summed E-state index contributed by atoms with van der Waals surface area (Å²) in [5, 5.41) is 42.1. The van der Waals surface area contributed by atoms with Crippen LogP contribution < -0.4 is 43.3 Å². The molecule has 0 spiro atoms. The second-order valence-electron chi connectivity index (χ2n) is 23.2. The summed E-state index contributed by atoms with van der Waals surface area (Å²) in [5.41, 5.74) is 5.90. The molecule has 3 atom stereocenters. The number of halogens is 3. The maximum absolute atomic E-state index is 13.4. The van der Waals surface area contributed by atoms with E-state index in [-0.39, 0.29) is 48.4 Å². The molecule has 25 nitrogen and oxygen atoms in total. The molecule has 6 N–H and O–H groups in total.